The molecule has 6 nitrogen and oxygen atoms in total. The molecule has 0 aliphatic heterocycles. The van der Waals surface area contributed by atoms with Crippen molar-refractivity contribution in [2.24, 2.45) is 0 Å². The summed E-state index contributed by atoms with van der Waals surface area (Å²) in [6, 6.07) is 13.2. The first-order valence-corrected chi connectivity index (χ1v) is 10.7. The fourth-order valence-electron chi connectivity index (χ4n) is 3.20. The monoisotopic (exact) mass is 444 g/mol. The lowest BCUT2D eigenvalue weighted by Gasteiger charge is -2.32. The van der Waals surface area contributed by atoms with Crippen molar-refractivity contribution in [1.29, 1.82) is 0 Å². The molecule has 0 bridgehead atoms. The summed E-state index contributed by atoms with van der Waals surface area (Å²) in [5.74, 6) is 0.126. The molecular formula is C25H33FN2O4. The molecule has 0 aliphatic carbocycles. The Morgan fingerprint density at radius 1 is 0.969 bits per heavy atom. The molecule has 32 heavy (non-hydrogen) atoms. The Kier molecular flexibility index (Phi) is 8.63. The van der Waals surface area contributed by atoms with Gasteiger partial charge in [0.25, 0.3) is 0 Å². The first-order valence-electron chi connectivity index (χ1n) is 10.7. The maximum atomic E-state index is 13.2. The molecule has 0 radical (unpaired) electrons. The molecule has 0 fully saturated rings. The smallest absolute Gasteiger partial charge is 0.414 e. The van der Waals surface area contributed by atoms with Crippen molar-refractivity contribution in [2.45, 2.75) is 51.7 Å². The van der Waals surface area contributed by atoms with Crippen LogP contribution >= 0.6 is 0 Å². The zero-order valence-electron chi connectivity index (χ0n) is 19.7. The summed E-state index contributed by atoms with van der Waals surface area (Å²) in [7, 11) is 4.90. The van der Waals surface area contributed by atoms with Crippen LogP contribution in [0.2, 0.25) is 0 Å². The van der Waals surface area contributed by atoms with Crippen LogP contribution in [0.15, 0.2) is 48.5 Å². The van der Waals surface area contributed by atoms with Crippen molar-refractivity contribution in [1.82, 2.24) is 9.80 Å². The second-order valence-electron chi connectivity index (χ2n) is 8.93. The van der Waals surface area contributed by atoms with Crippen LogP contribution in [0.25, 0.3) is 0 Å². The summed E-state index contributed by atoms with van der Waals surface area (Å²) in [6.45, 7) is 5.44. The molecule has 7 heteroatoms. The van der Waals surface area contributed by atoms with E-state index in [1.807, 2.05) is 32.9 Å². The van der Waals surface area contributed by atoms with Crippen molar-refractivity contribution in [3.05, 3.63) is 65.5 Å². The fourth-order valence-corrected chi connectivity index (χ4v) is 3.20. The van der Waals surface area contributed by atoms with Gasteiger partial charge in [0.15, 0.2) is 0 Å². The maximum Gasteiger partial charge on any atom is 0.414 e. The zero-order chi connectivity index (χ0) is 23.9. The van der Waals surface area contributed by atoms with Crippen molar-refractivity contribution in [3.63, 3.8) is 0 Å². The summed E-state index contributed by atoms with van der Waals surface area (Å²) in [6.07, 6.45) is 1.10. The van der Waals surface area contributed by atoms with E-state index in [4.69, 9.17) is 9.47 Å². The highest BCUT2D eigenvalue weighted by molar-refractivity contribution is 5.71. The van der Waals surface area contributed by atoms with Gasteiger partial charge in [0.2, 0.25) is 0 Å². The molecule has 2 aromatic rings. The quantitative estimate of drug-likeness (QED) is 0.540. The van der Waals surface area contributed by atoms with E-state index in [1.165, 1.54) is 21.9 Å². The minimum Gasteiger partial charge on any atom is -0.444 e. The molecule has 0 aromatic heterocycles. The Hall–Kier alpha value is -3.09. The lowest BCUT2D eigenvalue weighted by atomic mass is 9.97. The average molecular weight is 445 g/mol. The van der Waals surface area contributed by atoms with Gasteiger partial charge < -0.3 is 19.3 Å². The molecule has 174 valence electrons. The van der Waals surface area contributed by atoms with E-state index in [1.54, 1.807) is 45.4 Å². The Balaban J connectivity index is 2.28. The minimum absolute atomic E-state index is 0.270. The van der Waals surface area contributed by atoms with Gasteiger partial charge >= 0.3 is 12.2 Å². The van der Waals surface area contributed by atoms with Crippen LogP contribution in [-0.4, -0.2) is 48.7 Å². The SMILES string of the molecule is CN(C)C(=O)Oc1ccccc1C(CCCc1ccc(F)cc1)N(C)C(=O)OC(C)(C)C. The van der Waals surface area contributed by atoms with E-state index < -0.39 is 17.8 Å². The third-order valence-electron chi connectivity index (χ3n) is 4.85. The van der Waals surface area contributed by atoms with Gasteiger partial charge in [0.05, 0.1) is 6.04 Å². The number of para-hydroxylation sites is 1. The van der Waals surface area contributed by atoms with Gasteiger partial charge in [-0.1, -0.05) is 30.3 Å². The second-order valence-corrected chi connectivity index (χ2v) is 8.93. The van der Waals surface area contributed by atoms with Crippen LogP contribution in [0.3, 0.4) is 0 Å². The second kappa shape index (κ2) is 11.0. The number of hydrogen-bond donors (Lipinski definition) is 0. The Morgan fingerprint density at radius 3 is 2.19 bits per heavy atom. The van der Waals surface area contributed by atoms with Crippen LogP contribution in [0.5, 0.6) is 5.75 Å². The number of carbonyl (C=O) groups is 2. The molecule has 2 amide bonds. The highest BCUT2D eigenvalue weighted by atomic mass is 19.1. The number of rotatable bonds is 7. The molecule has 0 heterocycles. The molecule has 0 aliphatic rings. The van der Waals surface area contributed by atoms with Gasteiger partial charge in [0.1, 0.15) is 17.2 Å². The highest BCUT2D eigenvalue weighted by Gasteiger charge is 2.28. The van der Waals surface area contributed by atoms with Crippen LogP contribution in [-0.2, 0) is 11.2 Å². The number of nitrogens with zero attached hydrogens (tertiary/aromatic N) is 2. The average Bonchev–Trinajstić information content (AvgIpc) is 2.71. The van der Waals surface area contributed by atoms with Crippen LogP contribution in [0, 0.1) is 5.82 Å². The summed E-state index contributed by atoms with van der Waals surface area (Å²) in [4.78, 5) is 27.9. The van der Waals surface area contributed by atoms with Gasteiger partial charge in [0, 0.05) is 26.7 Å². The van der Waals surface area contributed by atoms with Crippen LogP contribution < -0.4 is 4.74 Å². The van der Waals surface area contributed by atoms with E-state index in [-0.39, 0.29) is 11.9 Å². The van der Waals surface area contributed by atoms with E-state index in [0.29, 0.717) is 12.2 Å². The fraction of sp³-hybridized carbons (Fsp3) is 0.440. The van der Waals surface area contributed by atoms with Crippen molar-refractivity contribution in [2.75, 3.05) is 21.1 Å². The lowest BCUT2D eigenvalue weighted by molar-refractivity contribution is 0.0209. The number of ether oxygens (including phenoxy) is 2. The van der Waals surface area contributed by atoms with E-state index in [2.05, 4.69) is 0 Å². The van der Waals surface area contributed by atoms with Gasteiger partial charge in [-0.15, -0.1) is 0 Å². The van der Waals surface area contributed by atoms with Crippen LogP contribution in [0.4, 0.5) is 14.0 Å². The number of aryl methyl sites for hydroxylation is 1. The van der Waals surface area contributed by atoms with E-state index in [9.17, 15) is 14.0 Å². The molecule has 2 aromatic carbocycles. The number of benzene rings is 2. The summed E-state index contributed by atoms with van der Waals surface area (Å²) < 4.78 is 24.3. The van der Waals surface area contributed by atoms with Crippen molar-refractivity contribution < 1.29 is 23.5 Å². The molecule has 1 atom stereocenters. The zero-order valence-corrected chi connectivity index (χ0v) is 19.7. The number of amides is 2. The summed E-state index contributed by atoms with van der Waals surface area (Å²) >= 11 is 0. The first kappa shape index (κ1) is 25.2. The molecule has 0 saturated carbocycles. The largest absolute Gasteiger partial charge is 0.444 e. The molecule has 0 saturated heterocycles. The third-order valence-corrected chi connectivity index (χ3v) is 4.85. The first-order chi connectivity index (χ1) is 15.0. The normalized spacial score (nSPS) is 12.1. The Bertz CT molecular complexity index is 907. The Labute approximate surface area is 189 Å². The predicted octanol–water partition coefficient (Wildman–Crippen LogP) is 5.82. The molecule has 0 spiro atoms. The molecule has 1 unspecified atom stereocenters. The van der Waals surface area contributed by atoms with Gasteiger partial charge in [-0.2, -0.15) is 0 Å². The topological polar surface area (TPSA) is 59.1 Å². The standard InChI is InChI=1S/C25H33FN2O4/c1-25(2,3)32-24(30)28(6)21(12-9-10-18-14-16-19(26)17-15-18)20-11-7-8-13-22(20)31-23(29)27(4)5/h7-8,11,13-17,21H,9-10,12H2,1-6H3. The Morgan fingerprint density at radius 2 is 1.59 bits per heavy atom. The van der Waals surface area contributed by atoms with Crippen molar-refractivity contribution >= 4 is 12.2 Å². The maximum absolute atomic E-state index is 13.2. The predicted molar refractivity (Wildman–Crippen MR) is 122 cm³/mol. The van der Waals surface area contributed by atoms with Crippen LogP contribution in [0.1, 0.15) is 50.8 Å². The molecule has 0 N–H and O–H groups in total. The van der Waals surface area contributed by atoms with Crippen molar-refractivity contribution in [3.8, 4) is 5.75 Å². The van der Waals surface area contributed by atoms with Gasteiger partial charge in [-0.05, 0) is 63.8 Å². The number of hydrogen-bond acceptors (Lipinski definition) is 4. The summed E-state index contributed by atoms with van der Waals surface area (Å²) in [5, 5.41) is 0. The van der Waals surface area contributed by atoms with E-state index >= 15 is 0 Å². The summed E-state index contributed by atoms with van der Waals surface area (Å²) in [5.41, 5.74) is 1.09. The third kappa shape index (κ3) is 7.55. The van der Waals surface area contributed by atoms with E-state index in [0.717, 1.165) is 24.0 Å². The number of carbonyl (C=O) groups excluding carboxylic acids is 2. The molecular weight excluding hydrogens is 411 g/mol. The number of halogens is 1. The minimum atomic E-state index is -0.638. The van der Waals surface area contributed by atoms with Gasteiger partial charge in [-0.3, -0.25) is 0 Å². The lowest BCUT2D eigenvalue weighted by Crippen LogP contribution is -2.37. The highest BCUT2D eigenvalue weighted by Crippen LogP contribution is 2.33. The molecule has 2 rings (SSSR count). The van der Waals surface area contributed by atoms with Gasteiger partial charge in [-0.25, -0.2) is 14.0 Å².